The molecule has 5 heteroatoms. The lowest BCUT2D eigenvalue weighted by Crippen LogP contribution is -2.35. The molecule has 2 N–H and O–H groups in total. The van der Waals surface area contributed by atoms with Gasteiger partial charge in [0.2, 0.25) is 5.91 Å². The van der Waals surface area contributed by atoms with E-state index in [1.54, 1.807) is 6.92 Å². The molecular formula is C15H19F2NO2. The standard InChI is InChI=1S/C15H19F2NO2/c1-10(11-4-5-12(16)13(17)8-11)18-14(19)9-15(20)6-2-3-7-15/h4-5,8,10,20H,2-3,6-7,9H2,1H3,(H,18,19). The lowest BCUT2D eigenvalue weighted by atomic mass is 9.97. The predicted octanol–water partition coefficient (Wildman–Crippen LogP) is 2.84. The third kappa shape index (κ3) is 3.54. The van der Waals surface area contributed by atoms with Gasteiger partial charge in [0, 0.05) is 0 Å². The molecule has 1 amide bonds. The first-order chi connectivity index (χ1) is 9.39. The van der Waals surface area contributed by atoms with Crippen LogP contribution in [0.4, 0.5) is 8.78 Å². The summed E-state index contributed by atoms with van der Waals surface area (Å²) in [6.45, 7) is 1.70. The van der Waals surface area contributed by atoms with E-state index in [9.17, 15) is 18.7 Å². The summed E-state index contributed by atoms with van der Waals surface area (Å²) in [5, 5.41) is 12.9. The first-order valence-electron chi connectivity index (χ1n) is 6.86. The molecule has 1 aliphatic carbocycles. The number of nitrogens with one attached hydrogen (secondary N) is 1. The molecule has 20 heavy (non-hydrogen) atoms. The summed E-state index contributed by atoms with van der Waals surface area (Å²) in [6.07, 6.45) is 3.20. The Morgan fingerprint density at radius 1 is 1.35 bits per heavy atom. The topological polar surface area (TPSA) is 49.3 Å². The summed E-state index contributed by atoms with van der Waals surface area (Å²) in [7, 11) is 0. The lowest BCUT2D eigenvalue weighted by molar-refractivity contribution is -0.126. The molecule has 1 saturated carbocycles. The highest BCUT2D eigenvalue weighted by molar-refractivity contribution is 5.77. The number of carbonyl (C=O) groups excluding carboxylic acids is 1. The van der Waals surface area contributed by atoms with Gasteiger partial charge in [0.25, 0.3) is 0 Å². The Hall–Kier alpha value is -1.49. The number of carbonyl (C=O) groups is 1. The van der Waals surface area contributed by atoms with Crippen LogP contribution in [-0.4, -0.2) is 16.6 Å². The molecule has 110 valence electrons. The molecule has 0 saturated heterocycles. The van der Waals surface area contributed by atoms with Crippen molar-refractivity contribution in [2.24, 2.45) is 0 Å². The number of hydrogen-bond acceptors (Lipinski definition) is 2. The zero-order valence-electron chi connectivity index (χ0n) is 11.5. The second kappa shape index (κ2) is 5.87. The molecule has 1 unspecified atom stereocenters. The van der Waals surface area contributed by atoms with Gasteiger partial charge in [-0.25, -0.2) is 8.78 Å². The van der Waals surface area contributed by atoms with E-state index in [2.05, 4.69) is 5.32 Å². The molecule has 1 atom stereocenters. The summed E-state index contributed by atoms with van der Waals surface area (Å²) < 4.78 is 26.0. The van der Waals surface area contributed by atoms with Crippen molar-refractivity contribution in [2.45, 2.75) is 50.7 Å². The van der Waals surface area contributed by atoms with E-state index in [0.717, 1.165) is 25.0 Å². The van der Waals surface area contributed by atoms with Gasteiger partial charge in [-0.1, -0.05) is 18.9 Å². The van der Waals surface area contributed by atoms with Crippen molar-refractivity contribution >= 4 is 5.91 Å². The van der Waals surface area contributed by atoms with E-state index < -0.39 is 23.3 Å². The van der Waals surface area contributed by atoms with Crippen molar-refractivity contribution in [1.82, 2.24) is 5.32 Å². The van der Waals surface area contributed by atoms with Crippen LogP contribution in [0.1, 0.15) is 50.6 Å². The highest BCUT2D eigenvalue weighted by Crippen LogP contribution is 2.32. The second-order valence-corrected chi connectivity index (χ2v) is 5.57. The smallest absolute Gasteiger partial charge is 0.223 e. The van der Waals surface area contributed by atoms with Gasteiger partial charge < -0.3 is 10.4 Å². The fourth-order valence-electron chi connectivity index (χ4n) is 2.67. The number of rotatable bonds is 4. The van der Waals surface area contributed by atoms with Gasteiger partial charge >= 0.3 is 0 Å². The molecule has 1 aliphatic rings. The first kappa shape index (κ1) is 14.9. The zero-order valence-corrected chi connectivity index (χ0v) is 11.5. The van der Waals surface area contributed by atoms with Crippen LogP contribution in [0.5, 0.6) is 0 Å². The molecule has 0 bridgehead atoms. The molecule has 1 aromatic rings. The van der Waals surface area contributed by atoms with Crippen molar-refractivity contribution in [3.05, 3.63) is 35.4 Å². The third-order valence-corrected chi connectivity index (χ3v) is 3.85. The minimum Gasteiger partial charge on any atom is -0.389 e. The number of halogens is 2. The van der Waals surface area contributed by atoms with Crippen LogP contribution >= 0.6 is 0 Å². The van der Waals surface area contributed by atoms with Crippen molar-refractivity contribution < 1.29 is 18.7 Å². The van der Waals surface area contributed by atoms with Gasteiger partial charge in [0.1, 0.15) is 0 Å². The Morgan fingerprint density at radius 2 is 2.00 bits per heavy atom. The maximum Gasteiger partial charge on any atom is 0.223 e. The van der Waals surface area contributed by atoms with Crippen LogP contribution < -0.4 is 5.32 Å². The molecule has 1 aromatic carbocycles. The largest absolute Gasteiger partial charge is 0.389 e. The van der Waals surface area contributed by atoms with Crippen LogP contribution in [0.25, 0.3) is 0 Å². The quantitative estimate of drug-likeness (QED) is 0.892. The van der Waals surface area contributed by atoms with Gasteiger partial charge in [0.15, 0.2) is 11.6 Å². The average Bonchev–Trinajstić information content (AvgIpc) is 2.78. The number of benzene rings is 1. The van der Waals surface area contributed by atoms with E-state index >= 15 is 0 Å². The van der Waals surface area contributed by atoms with Crippen LogP contribution in [0.15, 0.2) is 18.2 Å². The van der Waals surface area contributed by atoms with E-state index in [0.29, 0.717) is 18.4 Å². The predicted molar refractivity (Wildman–Crippen MR) is 71.0 cm³/mol. The molecule has 0 spiro atoms. The van der Waals surface area contributed by atoms with Crippen LogP contribution in [0.2, 0.25) is 0 Å². The maximum atomic E-state index is 13.1. The monoisotopic (exact) mass is 283 g/mol. The summed E-state index contributed by atoms with van der Waals surface area (Å²) in [6, 6.07) is 3.12. The first-order valence-corrected chi connectivity index (χ1v) is 6.86. The molecule has 0 aromatic heterocycles. The summed E-state index contributed by atoms with van der Waals surface area (Å²) in [5.41, 5.74) is -0.409. The summed E-state index contributed by atoms with van der Waals surface area (Å²) in [4.78, 5) is 11.9. The van der Waals surface area contributed by atoms with E-state index in [1.165, 1.54) is 6.07 Å². The Bertz CT molecular complexity index is 499. The fourth-order valence-corrected chi connectivity index (χ4v) is 2.67. The third-order valence-electron chi connectivity index (χ3n) is 3.85. The molecular weight excluding hydrogens is 264 g/mol. The molecule has 2 rings (SSSR count). The van der Waals surface area contributed by atoms with E-state index in [1.807, 2.05) is 0 Å². The second-order valence-electron chi connectivity index (χ2n) is 5.57. The zero-order chi connectivity index (χ0) is 14.8. The Balaban J connectivity index is 1.94. The van der Waals surface area contributed by atoms with Crippen molar-refractivity contribution in [2.75, 3.05) is 0 Å². The Kier molecular flexibility index (Phi) is 4.38. The van der Waals surface area contributed by atoms with Crippen molar-refractivity contribution in [1.29, 1.82) is 0 Å². The molecule has 1 fully saturated rings. The van der Waals surface area contributed by atoms with Gasteiger partial charge in [-0.15, -0.1) is 0 Å². The highest BCUT2D eigenvalue weighted by atomic mass is 19.2. The normalized spacial score (nSPS) is 18.8. The van der Waals surface area contributed by atoms with Crippen LogP contribution in [0, 0.1) is 11.6 Å². The van der Waals surface area contributed by atoms with Crippen LogP contribution in [0.3, 0.4) is 0 Å². The van der Waals surface area contributed by atoms with Gasteiger partial charge in [0.05, 0.1) is 18.1 Å². The average molecular weight is 283 g/mol. The SMILES string of the molecule is CC(NC(=O)CC1(O)CCCC1)c1ccc(F)c(F)c1. The summed E-state index contributed by atoms with van der Waals surface area (Å²) in [5.74, 6) is -2.11. The molecule has 3 nitrogen and oxygen atoms in total. The lowest BCUT2D eigenvalue weighted by Gasteiger charge is -2.23. The minimum absolute atomic E-state index is 0.0566. The van der Waals surface area contributed by atoms with Crippen molar-refractivity contribution in [3.8, 4) is 0 Å². The molecule has 0 aliphatic heterocycles. The van der Waals surface area contributed by atoms with Crippen molar-refractivity contribution in [3.63, 3.8) is 0 Å². The van der Waals surface area contributed by atoms with E-state index in [-0.39, 0.29) is 12.3 Å². The van der Waals surface area contributed by atoms with Gasteiger partial charge in [-0.2, -0.15) is 0 Å². The minimum atomic E-state index is -0.932. The van der Waals surface area contributed by atoms with Gasteiger partial charge in [-0.05, 0) is 37.5 Å². The Morgan fingerprint density at radius 3 is 2.60 bits per heavy atom. The summed E-state index contributed by atoms with van der Waals surface area (Å²) >= 11 is 0. The maximum absolute atomic E-state index is 13.1. The fraction of sp³-hybridized carbons (Fsp3) is 0.533. The molecule has 0 heterocycles. The Labute approximate surface area is 117 Å². The number of amides is 1. The number of aliphatic hydroxyl groups is 1. The number of hydrogen-bond donors (Lipinski definition) is 2. The van der Waals surface area contributed by atoms with E-state index in [4.69, 9.17) is 0 Å². The molecule has 0 radical (unpaired) electrons. The van der Waals surface area contributed by atoms with Crippen LogP contribution in [-0.2, 0) is 4.79 Å². The van der Waals surface area contributed by atoms with Gasteiger partial charge in [-0.3, -0.25) is 4.79 Å². The highest BCUT2D eigenvalue weighted by Gasteiger charge is 2.33.